The SMILES string of the molecule is CC(N(C)c1nnc(N)o1)C(C)(C)O. The number of aliphatic hydroxyl groups is 1. The van der Waals surface area contributed by atoms with Crippen LogP contribution < -0.4 is 10.6 Å². The largest absolute Gasteiger partial charge is 0.390 e. The Morgan fingerprint density at radius 3 is 2.43 bits per heavy atom. The van der Waals surface area contributed by atoms with Crippen molar-refractivity contribution < 1.29 is 9.52 Å². The second-order valence-corrected chi connectivity index (χ2v) is 3.86. The summed E-state index contributed by atoms with van der Waals surface area (Å²) in [7, 11) is 1.76. The van der Waals surface area contributed by atoms with Gasteiger partial charge in [-0.1, -0.05) is 10.2 Å². The summed E-state index contributed by atoms with van der Waals surface area (Å²) in [4.78, 5) is 1.68. The van der Waals surface area contributed by atoms with E-state index in [1.165, 1.54) is 0 Å². The van der Waals surface area contributed by atoms with Crippen LogP contribution in [-0.4, -0.2) is 34.0 Å². The molecule has 0 radical (unpaired) electrons. The Labute approximate surface area is 82.7 Å². The van der Waals surface area contributed by atoms with E-state index < -0.39 is 5.60 Å². The van der Waals surface area contributed by atoms with Gasteiger partial charge in [-0.3, -0.25) is 0 Å². The molecule has 1 unspecified atom stereocenters. The van der Waals surface area contributed by atoms with Crippen molar-refractivity contribution in [3.05, 3.63) is 0 Å². The van der Waals surface area contributed by atoms with Crippen LogP contribution in [-0.2, 0) is 0 Å². The van der Waals surface area contributed by atoms with Crippen molar-refractivity contribution in [3.8, 4) is 0 Å². The van der Waals surface area contributed by atoms with E-state index in [4.69, 9.17) is 10.2 Å². The third-order valence-electron chi connectivity index (χ3n) is 2.34. The van der Waals surface area contributed by atoms with E-state index in [0.29, 0.717) is 6.01 Å². The van der Waals surface area contributed by atoms with Gasteiger partial charge in [-0.25, -0.2) is 0 Å². The van der Waals surface area contributed by atoms with Gasteiger partial charge in [-0.05, 0) is 20.8 Å². The van der Waals surface area contributed by atoms with Crippen molar-refractivity contribution in [2.24, 2.45) is 0 Å². The molecule has 0 amide bonds. The molecule has 1 aromatic rings. The molecule has 3 N–H and O–H groups in total. The highest BCUT2D eigenvalue weighted by molar-refractivity contribution is 5.28. The lowest BCUT2D eigenvalue weighted by molar-refractivity contribution is 0.0551. The number of aromatic nitrogens is 2. The maximum absolute atomic E-state index is 9.76. The summed E-state index contributed by atoms with van der Waals surface area (Å²) in [6.07, 6.45) is 0. The molecule has 0 aromatic carbocycles. The zero-order valence-corrected chi connectivity index (χ0v) is 8.85. The molecule has 14 heavy (non-hydrogen) atoms. The predicted molar refractivity (Wildman–Crippen MR) is 52.9 cm³/mol. The first kappa shape index (κ1) is 10.8. The van der Waals surface area contributed by atoms with Gasteiger partial charge in [0.2, 0.25) is 0 Å². The molecule has 0 bridgehead atoms. The number of anilines is 2. The molecule has 0 spiro atoms. The van der Waals surface area contributed by atoms with Crippen LogP contribution in [0.25, 0.3) is 0 Å². The smallest absolute Gasteiger partial charge is 0.319 e. The second-order valence-electron chi connectivity index (χ2n) is 3.86. The average molecular weight is 200 g/mol. The summed E-state index contributed by atoms with van der Waals surface area (Å²) in [6.45, 7) is 5.29. The molecule has 80 valence electrons. The third-order valence-corrected chi connectivity index (χ3v) is 2.34. The van der Waals surface area contributed by atoms with Gasteiger partial charge in [0, 0.05) is 7.05 Å². The van der Waals surface area contributed by atoms with Crippen molar-refractivity contribution in [1.82, 2.24) is 10.2 Å². The fourth-order valence-corrected chi connectivity index (χ4v) is 1.01. The van der Waals surface area contributed by atoms with Crippen LogP contribution >= 0.6 is 0 Å². The van der Waals surface area contributed by atoms with Crippen molar-refractivity contribution in [1.29, 1.82) is 0 Å². The Hall–Kier alpha value is -1.30. The normalized spacial score (nSPS) is 14.1. The monoisotopic (exact) mass is 200 g/mol. The minimum atomic E-state index is -0.849. The molecular formula is C8H16N4O2. The summed E-state index contributed by atoms with van der Waals surface area (Å²) < 4.78 is 5.03. The van der Waals surface area contributed by atoms with Crippen LogP contribution in [0.4, 0.5) is 12.0 Å². The van der Waals surface area contributed by atoms with Gasteiger partial charge < -0.3 is 20.2 Å². The Morgan fingerprint density at radius 2 is 2.07 bits per heavy atom. The lowest BCUT2D eigenvalue weighted by atomic mass is 10.00. The van der Waals surface area contributed by atoms with E-state index in [1.54, 1.807) is 25.8 Å². The summed E-state index contributed by atoms with van der Waals surface area (Å²) in [6, 6.07) is 0.175. The van der Waals surface area contributed by atoms with E-state index in [1.807, 2.05) is 6.92 Å². The highest BCUT2D eigenvalue weighted by Gasteiger charge is 2.28. The Morgan fingerprint density at radius 1 is 1.50 bits per heavy atom. The van der Waals surface area contributed by atoms with Crippen LogP contribution in [0.2, 0.25) is 0 Å². The molecule has 0 aliphatic carbocycles. The highest BCUT2D eigenvalue weighted by atomic mass is 16.4. The Bertz CT molecular complexity index is 305. The number of nitrogens with zero attached hydrogens (tertiary/aromatic N) is 3. The predicted octanol–water partition coefficient (Wildman–Crippen LogP) is 0.247. The standard InChI is InChI=1S/C8H16N4O2/c1-5(8(2,3)13)12(4)7-11-10-6(9)14-7/h5,13H,1-4H3,(H2,9,10). The molecule has 0 aliphatic heterocycles. The van der Waals surface area contributed by atoms with Crippen LogP contribution in [0.3, 0.4) is 0 Å². The van der Waals surface area contributed by atoms with Crippen molar-refractivity contribution >= 4 is 12.0 Å². The summed E-state index contributed by atoms with van der Waals surface area (Å²) in [5.41, 5.74) is 4.45. The summed E-state index contributed by atoms with van der Waals surface area (Å²) in [5.74, 6) is 0. The van der Waals surface area contributed by atoms with Crippen LogP contribution in [0.5, 0.6) is 0 Å². The van der Waals surface area contributed by atoms with Gasteiger partial charge in [-0.15, -0.1) is 0 Å². The number of nitrogens with two attached hydrogens (primary N) is 1. The molecule has 0 fully saturated rings. The lowest BCUT2D eigenvalue weighted by Crippen LogP contribution is -2.45. The maximum Gasteiger partial charge on any atom is 0.319 e. The Balaban J connectivity index is 2.80. The second kappa shape index (κ2) is 3.45. The first-order chi connectivity index (χ1) is 6.32. The Kier molecular flexibility index (Phi) is 2.66. The average Bonchev–Trinajstić information content (AvgIpc) is 2.47. The van der Waals surface area contributed by atoms with E-state index in [0.717, 1.165) is 0 Å². The molecule has 0 saturated heterocycles. The van der Waals surface area contributed by atoms with Crippen LogP contribution in [0.1, 0.15) is 20.8 Å². The molecule has 1 heterocycles. The van der Waals surface area contributed by atoms with Crippen LogP contribution in [0.15, 0.2) is 4.42 Å². The molecule has 6 nitrogen and oxygen atoms in total. The topological polar surface area (TPSA) is 88.4 Å². The summed E-state index contributed by atoms with van der Waals surface area (Å²) >= 11 is 0. The van der Waals surface area contributed by atoms with Gasteiger partial charge in [0.25, 0.3) is 0 Å². The molecule has 6 heteroatoms. The number of rotatable bonds is 3. The molecule has 0 saturated carbocycles. The molecule has 1 aromatic heterocycles. The van der Waals surface area contributed by atoms with Crippen LogP contribution in [0, 0.1) is 0 Å². The summed E-state index contributed by atoms with van der Waals surface area (Å²) in [5, 5.41) is 17.0. The minimum Gasteiger partial charge on any atom is -0.390 e. The van der Waals surface area contributed by atoms with Gasteiger partial charge in [0.05, 0.1) is 11.6 Å². The lowest BCUT2D eigenvalue weighted by Gasteiger charge is -2.32. The number of nitrogen functional groups attached to an aromatic ring is 1. The number of hydrogen-bond donors (Lipinski definition) is 2. The van der Waals surface area contributed by atoms with Gasteiger partial charge in [-0.2, -0.15) is 0 Å². The van der Waals surface area contributed by atoms with Gasteiger partial charge in [0.15, 0.2) is 0 Å². The van der Waals surface area contributed by atoms with E-state index in [-0.39, 0.29) is 12.1 Å². The molecule has 1 atom stereocenters. The quantitative estimate of drug-likeness (QED) is 0.727. The molecule has 1 rings (SSSR count). The number of hydrogen-bond acceptors (Lipinski definition) is 6. The molecule has 0 aliphatic rings. The maximum atomic E-state index is 9.76. The first-order valence-electron chi connectivity index (χ1n) is 4.36. The fourth-order valence-electron chi connectivity index (χ4n) is 1.01. The van der Waals surface area contributed by atoms with Crippen molar-refractivity contribution in [3.63, 3.8) is 0 Å². The van der Waals surface area contributed by atoms with E-state index in [9.17, 15) is 5.11 Å². The fraction of sp³-hybridized carbons (Fsp3) is 0.750. The van der Waals surface area contributed by atoms with Gasteiger partial charge >= 0.3 is 12.0 Å². The minimum absolute atomic E-state index is 0.0230. The molecular weight excluding hydrogens is 184 g/mol. The zero-order valence-electron chi connectivity index (χ0n) is 8.85. The zero-order chi connectivity index (χ0) is 10.9. The van der Waals surface area contributed by atoms with E-state index >= 15 is 0 Å². The third kappa shape index (κ3) is 2.14. The number of likely N-dealkylation sites (N-methyl/N-ethyl adjacent to an activating group) is 1. The van der Waals surface area contributed by atoms with Crippen molar-refractivity contribution in [2.45, 2.75) is 32.4 Å². The van der Waals surface area contributed by atoms with E-state index in [2.05, 4.69) is 10.2 Å². The first-order valence-corrected chi connectivity index (χ1v) is 4.36. The highest BCUT2D eigenvalue weighted by Crippen LogP contribution is 2.20. The van der Waals surface area contributed by atoms with Gasteiger partial charge in [0.1, 0.15) is 0 Å². The van der Waals surface area contributed by atoms with Crippen molar-refractivity contribution in [2.75, 3.05) is 17.7 Å².